The molecule has 3 heteroatoms. The molecule has 2 nitrogen and oxygen atoms in total. The predicted octanol–water partition coefficient (Wildman–Crippen LogP) is 2.67. The second kappa shape index (κ2) is 4.65. The minimum atomic E-state index is 0.214. The molecule has 1 saturated heterocycles. The van der Waals surface area contributed by atoms with Crippen molar-refractivity contribution in [2.45, 2.75) is 33.6 Å². The first-order chi connectivity index (χ1) is 6.44. The lowest BCUT2D eigenvalue weighted by molar-refractivity contribution is -0.137. The average Bonchev–Trinajstić information content (AvgIpc) is 2.09. The maximum absolute atomic E-state index is 11.8. The molecular formula is C11H20BrNO. The molecule has 0 spiro atoms. The molecule has 0 radical (unpaired) electrons. The first-order valence-electron chi connectivity index (χ1n) is 5.28. The Kier molecular flexibility index (Phi) is 3.99. The van der Waals surface area contributed by atoms with Crippen molar-refractivity contribution in [2.24, 2.45) is 11.3 Å². The van der Waals surface area contributed by atoms with E-state index in [0.29, 0.717) is 18.2 Å². The van der Waals surface area contributed by atoms with Crippen molar-refractivity contribution in [3.05, 3.63) is 0 Å². The number of hydrogen-bond acceptors (Lipinski definition) is 1. The van der Waals surface area contributed by atoms with Crippen LogP contribution in [-0.2, 0) is 4.79 Å². The lowest BCUT2D eigenvalue weighted by atomic mass is 9.82. The van der Waals surface area contributed by atoms with Gasteiger partial charge in [-0.1, -0.05) is 36.7 Å². The SMILES string of the molecule is CC(CBr)CN1CCC(C)(C)CC1=O. The summed E-state index contributed by atoms with van der Waals surface area (Å²) in [5.41, 5.74) is 0.214. The summed E-state index contributed by atoms with van der Waals surface area (Å²) >= 11 is 3.45. The van der Waals surface area contributed by atoms with Crippen molar-refractivity contribution in [1.29, 1.82) is 0 Å². The Bertz CT molecular complexity index is 215. The summed E-state index contributed by atoms with van der Waals surface area (Å²) in [6.45, 7) is 8.36. The molecule has 14 heavy (non-hydrogen) atoms. The largest absolute Gasteiger partial charge is 0.342 e. The molecule has 1 fully saturated rings. The molecule has 0 aromatic rings. The summed E-state index contributed by atoms with van der Waals surface area (Å²) < 4.78 is 0. The lowest BCUT2D eigenvalue weighted by Gasteiger charge is -2.37. The number of carbonyl (C=O) groups excluding carboxylic acids is 1. The van der Waals surface area contributed by atoms with Crippen LogP contribution >= 0.6 is 15.9 Å². The summed E-state index contributed by atoms with van der Waals surface area (Å²) in [4.78, 5) is 13.8. The number of carbonyl (C=O) groups is 1. The number of halogens is 1. The fourth-order valence-corrected chi connectivity index (χ4v) is 1.99. The fraction of sp³-hybridized carbons (Fsp3) is 0.909. The maximum Gasteiger partial charge on any atom is 0.223 e. The van der Waals surface area contributed by atoms with Crippen LogP contribution in [0.25, 0.3) is 0 Å². The van der Waals surface area contributed by atoms with E-state index in [2.05, 4.69) is 36.7 Å². The second-order valence-corrected chi connectivity index (χ2v) is 5.84. The van der Waals surface area contributed by atoms with Crippen molar-refractivity contribution in [1.82, 2.24) is 4.90 Å². The lowest BCUT2D eigenvalue weighted by Crippen LogP contribution is -2.44. The van der Waals surface area contributed by atoms with Gasteiger partial charge < -0.3 is 4.90 Å². The summed E-state index contributed by atoms with van der Waals surface area (Å²) in [5, 5.41) is 0.972. The van der Waals surface area contributed by atoms with Gasteiger partial charge in [-0.15, -0.1) is 0 Å². The monoisotopic (exact) mass is 261 g/mol. The highest BCUT2D eigenvalue weighted by Crippen LogP contribution is 2.30. The van der Waals surface area contributed by atoms with Gasteiger partial charge in [0, 0.05) is 24.8 Å². The van der Waals surface area contributed by atoms with Gasteiger partial charge >= 0.3 is 0 Å². The van der Waals surface area contributed by atoms with E-state index >= 15 is 0 Å². The Morgan fingerprint density at radius 3 is 2.71 bits per heavy atom. The Hall–Kier alpha value is -0.0500. The molecular weight excluding hydrogens is 242 g/mol. The Labute approximate surface area is 95.2 Å². The molecule has 1 heterocycles. The zero-order chi connectivity index (χ0) is 10.8. The minimum Gasteiger partial charge on any atom is -0.342 e. The quantitative estimate of drug-likeness (QED) is 0.716. The standard InChI is InChI=1S/C11H20BrNO/c1-9(7-12)8-13-5-4-11(2,3)6-10(13)14/h9H,4-8H2,1-3H3. The van der Waals surface area contributed by atoms with Crippen LogP contribution < -0.4 is 0 Å². The van der Waals surface area contributed by atoms with E-state index < -0.39 is 0 Å². The zero-order valence-electron chi connectivity index (χ0n) is 9.35. The number of piperidine rings is 1. The van der Waals surface area contributed by atoms with E-state index in [1.165, 1.54) is 0 Å². The molecule has 0 aromatic heterocycles. The third-order valence-electron chi connectivity index (χ3n) is 2.84. The van der Waals surface area contributed by atoms with Gasteiger partial charge in [-0.3, -0.25) is 4.79 Å². The molecule has 0 saturated carbocycles. The van der Waals surface area contributed by atoms with Gasteiger partial charge in [0.25, 0.3) is 0 Å². The molecule has 0 N–H and O–H groups in total. The maximum atomic E-state index is 11.8. The van der Waals surface area contributed by atoms with Crippen LogP contribution in [0.3, 0.4) is 0 Å². The molecule has 0 bridgehead atoms. The van der Waals surface area contributed by atoms with Crippen molar-refractivity contribution in [2.75, 3.05) is 18.4 Å². The van der Waals surface area contributed by atoms with Gasteiger partial charge in [-0.2, -0.15) is 0 Å². The van der Waals surface area contributed by atoms with Crippen LogP contribution in [0.15, 0.2) is 0 Å². The molecule has 0 aromatic carbocycles. The third kappa shape index (κ3) is 3.26. The molecule has 1 atom stereocenters. The third-order valence-corrected chi connectivity index (χ3v) is 3.94. The highest BCUT2D eigenvalue weighted by molar-refractivity contribution is 9.09. The Morgan fingerprint density at radius 1 is 1.57 bits per heavy atom. The molecule has 1 rings (SSSR count). The van der Waals surface area contributed by atoms with E-state index in [4.69, 9.17) is 0 Å². The predicted molar refractivity (Wildman–Crippen MR) is 62.6 cm³/mol. The van der Waals surface area contributed by atoms with Gasteiger partial charge in [0.1, 0.15) is 0 Å². The number of alkyl halides is 1. The van der Waals surface area contributed by atoms with Crippen LogP contribution in [-0.4, -0.2) is 29.2 Å². The van der Waals surface area contributed by atoms with Gasteiger partial charge in [0.2, 0.25) is 5.91 Å². The number of amides is 1. The van der Waals surface area contributed by atoms with Crippen molar-refractivity contribution in [3.63, 3.8) is 0 Å². The summed E-state index contributed by atoms with van der Waals surface area (Å²) in [6.07, 6.45) is 1.84. The number of rotatable bonds is 3. The van der Waals surface area contributed by atoms with E-state index in [9.17, 15) is 4.79 Å². The number of nitrogens with zero attached hydrogens (tertiary/aromatic N) is 1. The van der Waals surface area contributed by atoms with Gasteiger partial charge in [-0.25, -0.2) is 0 Å². The fourth-order valence-electron chi connectivity index (χ4n) is 1.79. The number of hydrogen-bond donors (Lipinski definition) is 0. The van der Waals surface area contributed by atoms with Crippen LogP contribution in [0.2, 0.25) is 0 Å². The normalized spacial score (nSPS) is 23.7. The van der Waals surface area contributed by atoms with Crippen LogP contribution in [0.4, 0.5) is 0 Å². The molecule has 0 aliphatic carbocycles. The van der Waals surface area contributed by atoms with E-state index in [-0.39, 0.29) is 5.41 Å². The number of likely N-dealkylation sites (tertiary alicyclic amines) is 1. The Balaban J connectivity index is 2.46. The van der Waals surface area contributed by atoms with Crippen molar-refractivity contribution < 1.29 is 4.79 Å². The van der Waals surface area contributed by atoms with Crippen molar-refractivity contribution >= 4 is 21.8 Å². The van der Waals surface area contributed by atoms with E-state index in [1.807, 2.05) is 4.90 Å². The van der Waals surface area contributed by atoms with Crippen LogP contribution in [0, 0.1) is 11.3 Å². The first-order valence-corrected chi connectivity index (χ1v) is 6.40. The minimum absolute atomic E-state index is 0.214. The van der Waals surface area contributed by atoms with Gasteiger partial charge in [0.05, 0.1) is 0 Å². The summed E-state index contributed by atoms with van der Waals surface area (Å²) in [5.74, 6) is 0.884. The smallest absolute Gasteiger partial charge is 0.223 e. The summed E-state index contributed by atoms with van der Waals surface area (Å²) in [6, 6.07) is 0. The van der Waals surface area contributed by atoms with Gasteiger partial charge in [0.15, 0.2) is 0 Å². The van der Waals surface area contributed by atoms with Crippen LogP contribution in [0.1, 0.15) is 33.6 Å². The first kappa shape index (κ1) is 12.0. The zero-order valence-corrected chi connectivity index (χ0v) is 10.9. The highest BCUT2D eigenvalue weighted by Gasteiger charge is 2.31. The van der Waals surface area contributed by atoms with Crippen LogP contribution in [0.5, 0.6) is 0 Å². The van der Waals surface area contributed by atoms with Crippen molar-refractivity contribution in [3.8, 4) is 0 Å². The topological polar surface area (TPSA) is 20.3 Å². The average molecular weight is 262 g/mol. The highest BCUT2D eigenvalue weighted by atomic mass is 79.9. The Morgan fingerprint density at radius 2 is 2.21 bits per heavy atom. The van der Waals surface area contributed by atoms with E-state index in [0.717, 1.165) is 24.8 Å². The molecule has 82 valence electrons. The molecule has 1 aliphatic heterocycles. The van der Waals surface area contributed by atoms with Gasteiger partial charge in [-0.05, 0) is 17.8 Å². The second-order valence-electron chi connectivity index (χ2n) is 5.19. The summed E-state index contributed by atoms with van der Waals surface area (Å²) in [7, 11) is 0. The molecule has 1 amide bonds. The molecule has 1 aliphatic rings. The molecule has 1 unspecified atom stereocenters. The van der Waals surface area contributed by atoms with E-state index in [1.54, 1.807) is 0 Å².